The molecule has 0 radical (unpaired) electrons. The molecule has 4 N–H and O–H groups in total. The molecule has 0 unspecified atom stereocenters. The summed E-state index contributed by atoms with van der Waals surface area (Å²) in [6.07, 6.45) is 0. The Labute approximate surface area is 131 Å². The van der Waals surface area contributed by atoms with Crippen molar-refractivity contribution < 1.29 is 9.53 Å². The van der Waals surface area contributed by atoms with Crippen molar-refractivity contribution in [2.24, 2.45) is 5.84 Å². The molecule has 0 aromatic heterocycles. The number of ether oxygens (including phenoxy) is 1. The summed E-state index contributed by atoms with van der Waals surface area (Å²) in [5, 5.41) is 2.84. The van der Waals surface area contributed by atoms with Crippen LogP contribution in [0.3, 0.4) is 0 Å². The first-order valence-electron chi connectivity index (χ1n) is 6.26. The standard InChI is InChI=1S/C15H16BrN3O2/c1-9-5-10(3-4-14(9)19-17)15(20)18-12-6-11(16)7-13(8-12)21-2/h3-8,19H,17H2,1-2H3,(H,18,20). The summed E-state index contributed by atoms with van der Waals surface area (Å²) in [6, 6.07) is 10.6. The van der Waals surface area contributed by atoms with E-state index in [0.29, 0.717) is 17.0 Å². The first kappa shape index (κ1) is 15.3. The van der Waals surface area contributed by atoms with Gasteiger partial charge in [0.1, 0.15) is 5.75 Å². The van der Waals surface area contributed by atoms with Gasteiger partial charge in [-0.3, -0.25) is 10.6 Å². The van der Waals surface area contributed by atoms with Crippen molar-refractivity contribution in [1.82, 2.24) is 0 Å². The van der Waals surface area contributed by atoms with Crippen molar-refractivity contribution in [1.29, 1.82) is 0 Å². The summed E-state index contributed by atoms with van der Waals surface area (Å²) in [4.78, 5) is 12.3. The van der Waals surface area contributed by atoms with Crippen LogP contribution in [0.5, 0.6) is 5.75 Å². The Morgan fingerprint density at radius 3 is 2.62 bits per heavy atom. The average molecular weight is 350 g/mol. The number of nitrogens with one attached hydrogen (secondary N) is 2. The minimum absolute atomic E-state index is 0.193. The van der Waals surface area contributed by atoms with E-state index in [2.05, 4.69) is 26.7 Å². The quantitative estimate of drug-likeness (QED) is 0.584. The van der Waals surface area contributed by atoms with Gasteiger partial charge < -0.3 is 15.5 Å². The molecule has 0 atom stereocenters. The first-order valence-corrected chi connectivity index (χ1v) is 7.06. The average Bonchev–Trinajstić information content (AvgIpc) is 2.46. The highest BCUT2D eigenvalue weighted by molar-refractivity contribution is 9.10. The van der Waals surface area contributed by atoms with Gasteiger partial charge in [0.25, 0.3) is 5.91 Å². The number of halogens is 1. The monoisotopic (exact) mass is 349 g/mol. The molecule has 0 aliphatic heterocycles. The van der Waals surface area contributed by atoms with E-state index >= 15 is 0 Å². The first-order chi connectivity index (χ1) is 10.0. The van der Waals surface area contributed by atoms with E-state index in [4.69, 9.17) is 10.6 Å². The van der Waals surface area contributed by atoms with Gasteiger partial charge in [0.05, 0.1) is 12.8 Å². The summed E-state index contributed by atoms with van der Waals surface area (Å²) in [5.74, 6) is 5.85. The zero-order valence-electron chi connectivity index (χ0n) is 11.7. The van der Waals surface area contributed by atoms with Crippen molar-refractivity contribution in [3.63, 3.8) is 0 Å². The second kappa shape index (κ2) is 6.60. The van der Waals surface area contributed by atoms with Gasteiger partial charge in [-0.2, -0.15) is 0 Å². The van der Waals surface area contributed by atoms with Crippen LogP contribution >= 0.6 is 15.9 Å². The minimum atomic E-state index is -0.193. The maximum Gasteiger partial charge on any atom is 0.255 e. The molecule has 0 saturated heterocycles. The molecular weight excluding hydrogens is 334 g/mol. The zero-order valence-corrected chi connectivity index (χ0v) is 13.3. The van der Waals surface area contributed by atoms with Crippen molar-refractivity contribution >= 4 is 33.2 Å². The van der Waals surface area contributed by atoms with Gasteiger partial charge in [0.15, 0.2) is 0 Å². The number of methoxy groups -OCH3 is 1. The Hall–Kier alpha value is -2.05. The minimum Gasteiger partial charge on any atom is -0.497 e. The molecule has 5 nitrogen and oxygen atoms in total. The number of carbonyl (C=O) groups excluding carboxylic acids is 1. The fraction of sp³-hybridized carbons (Fsp3) is 0.133. The third-order valence-corrected chi connectivity index (χ3v) is 3.47. The lowest BCUT2D eigenvalue weighted by molar-refractivity contribution is 0.102. The van der Waals surface area contributed by atoms with Crippen LogP contribution in [0.15, 0.2) is 40.9 Å². The van der Waals surface area contributed by atoms with E-state index in [1.54, 1.807) is 31.4 Å². The largest absolute Gasteiger partial charge is 0.497 e. The molecule has 110 valence electrons. The Morgan fingerprint density at radius 2 is 2.00 bits per heavy atom. The molecule has 2 aromatic rings. The second-order valence-electron chi connectivity index (χ2n) is 4.51. The van der Waals surface area contributed by atoms with Crippen LogP contribution < -0.4 is 21.3 Å². The molecule has 0 saturated carbocycles. The third kappa shape index (κ3) is 3.74. The Kier molecular flexibility index (Phi) is 4.82. The molecule has 6 heteroatoms. The summed E-state index contributed by atoms with van der Waals surface area (Å²) < 4.78 is 6.00. The van der Waals surface area contributed by atoms with Gasteiger partial charge in [-0.1, -0.05) is 15.9 Å². The lowest BCUT2D eigenvalue weighted by Crippen LogP contribution is -2.13. The Balaban J connectivity index is 2.21. The van der Waals surface area contributed by atoms with E-state index < -0.39 is 0 Å². The van der Waals surface area contributed by atoms with Gasteiger partial charge in [0, 0.05) is 21.8 Å². The molecule has 0 spiro atoms. The maximum atomic E-state index is 12.3. The van der Waals surface area contributed by atoms with E-state index in [1.165, 1.54) is 0 Å². The molecule has 0 aliphatic carbocycles. The van der Waals surface area contributed by atoms with Gasteiger partial charge >= 0.3 is 0 Å². The van der Waals surface area contributed by atoms with Crippen LogP contribution in [0.1, 0.15) is 15.9 Å². The number of nitrogens with two attached hydrogens (primary N) is 1. The van der Waals surface area contributed by atoms with Crippen LogP contribution in [0, 0.1) is 6.92 Å². The van der Waals surface area contributed by atoms with Crippen LogP contribution in [-0.4, -0.2) is 13.0 Å². The van der Waals surface area contributed by atoms with Crippen LogP contribution in [0.4, 0.5) is 11.4 Å². The highest BCUT2D eigenvalue weighted by Gasteiger charge is 2.09. The Morgan fingerprint density at radius 1 is 1.24 bits per heavy atom. The summed E-state index contributed by atoms with van der Waals surface area (Å²) >= 11 is 3.38. The van der Waals surface area contributed by atoms with E-state index in [1.807, 2.05) is 19.1 Å². The van der Waals surface area contributed by atoms with Gasteiger partial charge in [0.2, 0.25) is 0 Å². The smallest absolute Gasteiger partial charge is 0.255 e. The zero-order chi connectivity index (χ0) is 15.4. The normalized spacial score (nSPS) is 10.1. The van der Waals surface area contributed by atoms with Gasteiger partial charge in [-0.15, -0.1) is 0 Å². The maximum absolute atomic E-state index is 12.3. The van der Waals surface area contributed by atoms with Crippen LogP contribution in [-0.2, 0) is 0 Å². The van der Waals surface area contributed by atoms with E-state index in [-0.39, 0.29) is 5.91 Å². The molecule has 0 fully saturated rings. The van der Waals surface area contributed by atoms with Crippen molar-refractivity contribution in [3.05, 3.63) is 52.0 Å². The summed E-state index contributed by atoms with van der Waals surface area (Å²) in [6.45, 7) is 1.88. The Bertz CT molecular complexity index is 674. The van der Waals surface area contributed by atoms with Crippen molar-refractivity contribution in [2.45, 2.75) is 6.92 Å². The molecule has 0 bridgehead atoms. The SMILES string of the molecule is COc1cc(Br)cc(NC(=O)c2ccc(NN)c(C)c2)c1. The third-order valence-electron chi connectivity index (χ3n) is 3.01. The number of nitrogen functional groups attached to an aromatic ring is 1. The number of hydrazine groups is 1. The molecule has 21 heavy (non-hydrogen) atoms. The molecule has 0 heterocycles. The number of hydrogen-bond donors (Lipinski definition) is 3. The number of aryl methyl sites for hydroxylation is 1. The topological polar surface area (TPSA) is 76.4 Å². The number of benzene rings is 2. The number of amides is 1. The second-order valence-corrected chi connectivity index (χ2v) is 5.42. The van der Waals surface area contributed by atoms with Crippen molar-refractivity contribution in [2.75, 3.05) is 17.9 Å². The summed E-state index contributed by atoms with van der Waals surface area (Å²) in [7, 11) is 1.58. The predicted octanol–water partition coefficient (Wildman–Crippen LogP) is 3.30. The molecular formula is C15H16BrN3O2. The predicted molar refractivity (Wildman–Crippen MR) is 87.6 cm³/mol. The molecule has 2 rings (SSSR count). The number of anilines is 2. The molecule has 1 amide bonds. The van der Waals surface area contributed by atoms with Crippen molar-refractivity contribution in [3.8, 4) is 5.75 Å². The lowest BCUT2D eigenvalue weighted by Gasteiger charge is -2.10. The molecule has 2 aromatic carbocycles. The summed E-state index contributed by atoms with van der Waals surface area (Å²) in [5.41, 5.74) is 5.48. The number of carbonyl (C=O) groups is 1. The van der Waals surface area contributed by atoms with Gasteiger partial charge in [-0.25, -0.2) is 0 Å². The van der Waals surface area contributed by atoms with Gasteiger partial charge in [-0.05, 0) is 42.8 Å². The van der Waals surface area contributed by atoms with E-state index in [9.17, 15) is 4.79 Å². The fourth-order valence-corrected chi connectivity index (χ4v) is 2.40. The fourth-order valence-electron chi connectivity index (χ4n) is 1.92. The number of hydrogen-bond acceptors (Lipinski definition) is 4. The van der Waals surface area contributed by atoms with Crippen LogP contribution in [0.25, 0.3) is 0 Å². The highest BCUT2D eigenvalue weighted by Crippen LogP contribution is 2.25. The van der Waals surface area contributed by atoms with E-state index in [0.717, 1.165) is 15.7 Å². The van der Waals surface area contributed by atoms with Crippen LogP contribution in [0.2, 0.25) is 0 Å². The number of rotatable bonds is 4. The molecule has 0 aliphatic rings. The highest BCUT2D eigenvalue weighted by atomic mass is 79.9. The lowest BCUT2D eigenvalue weighted by atomic mass is 10.1.